The van der Waals surface area contributed by atoms with Gasteiger partial charge >= 0.3 is 0 Å². The number of rotatable bonds is 0. The summed E-state index contributed by atoms with van der Waals surface area (Å²) in [5.74, 6) is 0.771. The minimum absolute atomic E-state index is 0.324. The van der Waals surface area contributed by atoms with Gasteiger partial charge in [-0.3, -0.25) is 4.79 Å². The van der Waals surface area contributed by atoms with Crippen LogP contribution >= 0.6 is 38.5 Å². The van der Waals surface area contributed by atoms with E-state index in [1.807, 2.05) is 0 Å². The lowest BCUT2D eigenvalue weighted by Crippen LogP contribution is -2.16. The van der Waals surface area contributed by atoms with E-state index in [4.69, 9.17) is 0 Å². The predicted molar refractivity (Wildman–Crippen MR) is 58.0 cm³/mol. The van der Waals surface area contributed by atoms with Crippen LogP contribution in [0.5, 0.6) is 0 Å². The zero-order chi connectivity index (χ0) is 8.43. The van der Waals surface area contributed by atoms with Gasteiger partial charge in [0.15, 0.2) is 5.78 Å². The second kappa shape index (κ2) is 4.03. The fourth-order valence-electron chi connectivity index (χ4n) is 1.41. The van der Waals surface area contributed by atoms with Gasteiger partial charge in [-0.05, 0) is 57.3 Å². The molecule has 1 aliphatic rings. The van der Waals surface area contributed by atoms with E-state index in [0.717, 1.165) is 27.3 Å². The molecule has 1 unspecified atom stereocenters. The van der Waals surface area contributed by atoms with Crippen molar-refractivity contribution in [3.63, 3.8) is 0 Å². The van der Waals surface area contributed by atoms with Crippen LogP contribution in [0.25, 0.3) is 0 Å². The van der Waals surface area contributed by atoms with Crippen LogP contribution in [-0.2, 0) is 4.79 Å². The highest BCUT2D eigenvalue weighted by Gasteiger charge is 2.23. The van der Waals surface area contributed by atoms with Crippen molar-refractivity contribution in [2.45, 2.75) is 26.2 Å². The summed E-state index contributed by atoms with van der Waals surface area (Å²) in [6.07, 6.45) is 2.94. The Bertz CT molecular complexity index is 206. The maximum atomic E-state index is 11.4. The minimum atomic E-state index is 0.324. The van der Waals surface area contributed by atoms with Gasteiger partial charge in [-0.15, -0.1) is 0 Å². The lowest BCUT2D eigenvalue weighted by molar-refractivity contribution is -0.117. The molecule has 0 radical (unpaired) electrons. The molecule has 1 atom stereocenters. The summed E-state index contributed by atoms with van der Waals surface area (Å²) in [6.45, 7) is 2.12. The van der Waals surface area contributed by atoms with E-state index >= 15 is 0 Å². The van der Waals surface area contributed by atoms with Gasteiger partial charge in [0.2, 0.25) is 0 Å². The normalized spacial score (nSPS) is 30.5. The first-order valence-electron chi connectivity index (χ1n) is 3.71. The summed E-state index contributed by atoms with van der Waals surface area (Å²) in [5.41, 5.74) is 0.997. The highest BCUT2D eigenvalue weighted by Crippen LogP contribution is 2.33. The van der Waals surface area contributed by atoms with Crippen LogP contribution in [0.3, 0.4) is 0 Å². The van der Waals surface area contributed by atoms with Crippen LogP contribution in [0, 0.1) is 5.92 Å². The molecule has 62 valence electrons. The Hall–Kier alpha value is 0.620. The molecule has 3 heteroatoms. The molecule has 0 bridgehead atoms. The molecule has 1 saturated carbocycles. The Morgan fingerprint density at radius 3 is 2.73 bits per heavy atom. The minimum Gasteiger partial charge on any atom is -0.294 e. The molecular formula is C8H10BrIO. The van der Waals surface area contributed by atoms with Gasteiger partial charge in [0.25, 0.3) is 0 Å². The van der Waals surface area contributed by atoms with Gasteiger partial charge in [0, 0.05) is 12.0 Å². The number of ketones is 1. The smallest absolute Gasteiger partial charge is 0.160 e. The molecule has 0 aromatic carbocycles. The summed E-state index contributed by atoms with van der Waals surface area (Å²) in [5, 5.41) is 0. The molecule has 1 aliphatic carbocycles. The lowest BCUT2D eigenvalue weighted by atomic mass is 9.86. The number of allylic oxidation sites excluding steroid dienone is 1. The maximum absolute atomic E-state index is 11.4. The van der Waals surface area contributed by atoms with Crippen molar-refractivity contribution >= 4 is 44.3 Å². The van der Waals surface area contributed by atoms with Gasteiger partial charge < -0.3 is 0 Å². The molecule has 0 spiro atoms. The van der Waals surface area contributed by atoms with Crippen LogP contribution < -0.4 is 0 Å². The van der Waals surface area contributed by atoms with Crippen LogP contribution in [0.2, 0.25) is 0 Å². The second-order valence-corrected chi connectivity index (χ2v) is 6.24. The molecule has 0 heterocycles. The van der Waals surface area contributed by atoms with Crippen molar-refractivity contribution in [2.75, 3.05) is 0 Å². The lowest BCUT2D eigenvalue weighted by Gasteiger charge is -2.20. The third-order valence-corrected chi connectivity index (χ3v) is 3.05. The second-order valence-electron chi connectivity index (χ2n) is 2.89. The SMILES string of the molecule is CC1CCCC(=O)/C1=C(/Br)I. The highest BCUT2D eigenvalue weighted by atomic mass is 127. The topological polar surface area (TPSA) is 17.1 Å². The summed E-state index contributed by atoms with van der Waals surface area (Å²) >= 11 is 5.53. The average Bonchev–Trinajstić information content (AvgIpc) is 1.85. The Morgan fingerprint density at radius 1 is 1.73 bits per heavy atom. The molecule has 0 saturated heterocycles. The van der Waals surface area contributed by atoms with E-state index in [0.29, 0.717) is 11.7 Å². The van der Waals surface area contributed by atoms with Crippen molar-refractivity contribution in [3.8, 4) is 0 Å². The number of hydrogen-bond acceptors (Lipinski definition) is 1. The van der Waals surface area contributed by atoms with Crippen LogP contribution in [-0.4, -0.2) is 5.78 Å². The Kier molecular flexibility index (Phi) is 3.55. The van der Waals surface area contributed by atoms with Gasteiger partial charge in [0.05, 0.1) is 2.49 Å². The first kappa shape index (κ1) is 9.71. The van der Waals surface area contributed by atoms with Crippen LogP contribution in [0.4, 0.5) is 0 Å². The summed E-state index contributed by atoms with van der Waals surface area (Å²) in [7, 11) is 0. The van der Waals surface area contributed by atoms with E-state index in [9.17, 15) is 4.79 Å². The molecule has 11 heavy (non-hydrogen) atoms. The summed E-state index contributed by atoms with van der Waals surface area (Å²) in [6, 6.07) is 0. The van der Waals surface area contributed by atoms with Gasteiger partial charge in [-0.1, -0.05) is 6.92 Å². The Labute approximate surface area is 88.9 Å². The summed E-state index contributed by atoms with van der Waals surface area (Å²) in [4.78, 5) is 11.4. The standard InChI is InChI=1S/C8H10BrIO/c1-5-3-2-4-6(11)7(5)8(9)10/h5H,2-4H2,1H3/b8-7-. The Balaban J connectivity index is 2.88. The van der Waals surface area contributed by atoms with Gasteiger partial charge in [-0.25, -0.2) is 0 Å². The zero-order valence-electron chi connectivity index (χ0n) is 6.36. The van der Waals surface area contributed by atoms with Crippen LogP contribution in [0.15, 0.2) is 8.06 Å². The molecule has 0 aliphatic heterocycles. The maximum Gasteiger partial charge on any atom is 0.160 e. The van der Waals surface area contributed by atoms with Crippen molar-refractivity contribution in [2.24, 2.45) is 5.92 Å². The molecule has 1 rings (SSSR count). The molecule has 0 aromatic rings. The Morgan fingerprint density at radius 2 is 2.36 bits per heavy atom. The van der Waals surface area contributed by atoms with Crippen molar-refractivity contribution < 1.29 is 4.79 Å². The number of carbonyl (C=O) groups is 1. The molecule has 0 N–H and O–H groups in total. The van der Waals surface area contributed by atoms with E-state index in [2.05, 4.69) is 45.4 Å². The number of Topliss-reactive ketones (excluding diaryl/α,β-unsaturated/α-hetero) is 1. The number of carbonyl (C=O) groups excluding carboxylic acids is 1. The molecule has 1 fully saturated rings. The highest BCUT2D eigenvalue weighted by molar-refractivity contribution is 14.1. The third kappa shape index (κ3) is 2.28. The molecule has 0 aromatic heterocycles. The zero-order valence-corrected chi connectivity index (χ0v) is 10.1. The fraction of sp³-hybridized carbons (Fsp3) is 0.625. The quantitative estimate of drug-likeness (QED) is 0.492. The van der Waals surface area contributed by atoms with E-state index in [-0.39, 0.29) is 0 Å². The van der Waals surface area contributed by atoms with E-state index < -0.39 is 0 Å². The number of halogens is 2. The molecule has 1 nitrogen and oxygen atoms in total. The van der Waals surface area contributed by atoms with Crippen LogP contribution in [0.1, 0.15) is 26.2 Å². The van der Waals surface area contributed by atoms with E-state index in [1.54, 1.807) is 0 Å². The first-order chi connectivity index (χ1) is 5.13. The van der Waals surface area contributed by atoms with Crippen molar-refractivity contribution in [1.82, 2.24) is 0 Å². The first-order valence-corrected chi connectivity index (χ1v) is 5.58. The van der Waals surface area contributed by atoms with Gasteiger partial charge in [-0.2, -0.15) is 0 Å². The monoisotopic (exact) mass is 328 g/mol. The predicted octanol–water partition coefficient (Wildman–Crippen LogP) is 3.42. The van der Waals surface area contributed by atoms with Crippen molar-refractivity contribution in [3.05, 3.63) is 8.06 Å². The average molecular weight is 329 g/mol. The molecule has 0 amide bonds. The largest absolute Gasteiger partial charge is 0.294 e. The third-order valence-electron chi connectivity index (χ3n) is 2.04. The molecular weight excluding hydrogens is 319 g/mol. The van der Waals surface area contributed by atoms with Crippen molar-refractivity contribution in [1.29, 1.82) is 0 Å². The van der Waals surface area contributed by atoms with Gasteiger partial charge in [0.1, 0.15) is 0 Å². The fourth-order valence-corrected chi connectivity index (χ4v) is 2.86. The van der Waals surface area contributed by atoms with E-state index in [1.165, 1.54) is 0 Å². The summed E-state index contributed by atoms with van der Waals surface area (Å²) < 4.78 is 0.993. The number of hydrogen-bond donors (Lipinski definition) is 0.